The molecule has 0 bridgehead atoms. The first-order chi connectivity index (χ1) is 8.58. The van der Waals surface area contributed by atoms with E-state index < -0.39 is 0 Å². The van der Waals surface area contributed by atoms with E-state index in [0.29, 0.717) is 10.8 Å². The predicted octanol–water partition coefficient (Wildman–Crippen LogP) is 3.15. The van der Waals surface area contributed by atoms with Gasteiger partial charge in [0.1, 0.15) is 5.75 Å². The maximum atomic E-state index is 9.28. The molecule has 1 aromatic heterocycles. The van der Waals surface area contributed by atoms with Crippen LogP contribution in [-0.2, 0) is 13.7 Å². The fourth-order valence-corrected chi connectivity index (χ4v) is 2.28. The predicted molar refractivity (Wildman–Crippen MR) is 73.1 cm³/mol. The highest BCUT2D eigenvalue weighted by Crippen LogP contribution is 2.31. The quantitative estimate of drug-likeness (QED) is 0.925. The number of rotatable bonds is 3. The smallest absolute Gasteiger partial charge is 0.137 e. The Morgan fingerprint density at radius 1 is 1.33 bits per heavy atom. The molecule has 0 atom stereocenters. The Hall–Kier alpha value is -1.45. The number of hydrogen-bond donors (Lipinski definition) is 1. The highest BCUT2D eigenvalue weighted by molar-refractivity contribution is 6.32. The van der Waals surface area contributed by atoms with Crippen molar-refractivity contribution >= 4 is 11.6 Å². The van der Waals surface area contributed by atoms with Crippen molar-refractivity contribution in [3.63, 3.8) is 0 Å². The van der Waals surface area contributed by atoms with Crippen LogP contribution in [0.5, 0.6) is 5.75 Å². The van der Waals surface area contributed by atoms with Gasteiger partial charge >= 0.3 is 0 Å². The van der Waals surface area contributed by atoms with Crippen LogP contribution in [0.25, 0.3) is 11.3 Å². The molecule has 1 aromatic carbocycles. The van der Waals surface area contributed by atoms with Gasteiger partial charge in [-0.25, -0.2) is 0 Å². The van der Waals surface area contributed by atoms with E-state index in [2.05, 4.69) is 0 Å². The minimum Gasteiger partial charge on any atom is -0.495 e. The molecule has 3 nitrogen and oxygen atoms in total. The van der Waals surface area contributed by atoms with Crippen LogP contribution in [-0.4, -0.2) is 16.8 Å². The molecule has 0 fully saturated rings. The van der Waals surface area contributed by atoms with E-state index in [1.165, 1.54) is 0 Å². The lowest BCUT2D eigenvalue weighted by atomic mass is 10.1. The van der Waals surface area contributed by atoms with Crippen molar-refractivity contribution in [2.75, 3.05) is 7.11 Å². The Bertz CT molecular complexity index is 575. The summed E-state index contributed by atoms with van der Waals surface area (Å²) in [5.41, 5.74) is 4.02. The lowest BCUT2D eigenvalue weighted by Crippen LogP contribution is -1.95. The number of benzene rings is 1. The molecule has 0 aliphatic carbocycles. The Balaban J connectivity index is 2.52. The monoisotopic (exact) mass is 265 g/mol. The van der Waals surface area contributed by atoms with Crippen LogP contribution in [0.15, 0.2) is 24.3 Å². The number of aliphatic hydroxyl groups is 1. The summed E-state index contributed by atoms with van der Waals surface area (Å²) in [4.78, 5) is 0. The average Bonchev–Trinajstić information content (AvgIpc) is 2.66. The summed E-state index contributed by atoms with van der Waals surface area (Å²) in [7, 11) is 3.57. The first-order valence-electron chi connectivity index (χ1n) is 5.68. The standard InChI is InChI=1S/C14H16ClNO2/c1-9-11(8-17)7-13(16(9)2)10-4-5-14(18-3)12(15)6-10/h4-7,17H,8H2,1-3H3. The second-order valence-corrected chi connectivity index (χ2v) is 4.61. The average molecular weight is 266 g/mol. The molecule has 18 heavy (non-hydrogen) atoms. The van der Waals surface area contributed by atoms with Crippen LogP contribution in [0.4, 0.5) is 0 Å². The Morgan fingerprint density at radius 2 is 2.06 bits per heavy atom. The summed E-state index contributed by atoms with van der Waals surface area (Å²) in [5.74, 6) is 0.661. The summed E-state index contributed by atoms with van der Waals surface area (Å²) in [6.45, 7) is 2.03. The molecular formula is C14H16ClNO2. The van der Waals surface area contributed by atoms with Gasteiger partial charge in [0.25, 0.3) is 0 Å². The fourth-order valence-electron chi connectivity index (χ4n) is 2.03. The number of nitrogens with zero attached hydrogens (tertiary/aromatic N) is 1. The van der Waals surface area contributed by atoms with Gasteiger partial charge in [-0.05, 0) is 42.3 Å². The van der Waals surface area contributed by atoms with Gasteiger partial charge in [-0.3, -0.25) is 0 Å². The van der Waals surface area contributed by atoms with Crippen LogP contribution < -0.4 is 4.74 Å². The van der Waals surface area contributed by atoms with Crippen LogP contribution in [0, 0.1) is 6.92 Å². The normalized spacial score (nSPS) is 10.7. The van der Waals surface area contributed by atoms with Gasteiger partial charge in [0.2, 0.25) is 0 Å². The van der Waals surface area contributed by atoms with E-state index in [9.17, 15) is 5.11 Å². The van der Waals surface area contributed by atoms with E-state index >= 15 is 0 Å². The number of halogens is 1. The molecule has 0 amide bonds. The highest BCUT2D eigenvalue weighted by atomic mass is 35.5. The number of aromatic nitrogens is 1. The molecule has 2 rings (SSSR count). The Labute approximate surface area is 112 Å². The van der Waals surface area contributed by atoms with Gasteiger partial charge < -0.3 is 14.4 Å². The molecule has 4 heteroatoms. The number of methoxy groups -OCH3 is 1. The topological polar surface area (TPSA) is 34.4 Å². The molecule has 0 saturated carbocycles. The summed E-state index contributed by atoms with van der Waals surface area (Å²) >= 11 is 6.13. The zero-order chi connectivity index (χ0) is 13.3. The molecule has 96 valence electrons. The molecule has 0 aliphatic rings. The third-order valence-electron chi connectivity index (χ3n) is 3.26. The van der Waals surface area contributed by atoms with Gasteiger partial charge in [0, 0.05) is 18.4 Å². The molecule has 1 heterocycles. The van der Waals surface area contributed by atoms with Crippen molar-refractivity contribution in [2.24, 2.45) is 7.05 Å². The fraction of sp³-hybridized carbons (Fsp3) is 0.286. The second kappa shape index (κ2) is 5.04. The van der Waals surface area contributed by atoms with Gasteiger partial charge in [0.05, 0.1) is 18.7 Å². The van der Waals surface area contributed by atoms with Crippen molar-refractivity contribution in [2.45, 2.75) is 13.5 Å². The van der Waals surface area contributed by atoms with Gasteiger partial charge in [-0.1, -0.05) is 11.6 Å². The Kier molecular flexibility index (Phi) is 3.64. The number of aliphatic hydroxyl groups excluding tert-OH is 1. The van der Waals surface area contributed by atoms with Crippen molar-refractivity contribution in [1.29, 1.82) is 0 Å². The van der Waals surface area contributed by atoms with Crippen molar-refractivity contribution in [3.05, 3.63) is 40.5 Å². The second-order valence-electron chi connectivity index (χ2n) is 4.21. The molecule has 1 N–H and O–H groups in total. The molecule has 0 aliphatic heterocycles. The van der Waals surface area contributed by atoms with Crippen molar-refractivity contribution in [3.8, 4) is 17.0 Å². The van der Waals surface area contributed by atoms with E-state index in [4.69, 9.17) is 16.3 Å². The maximum Gasteiger partial charge on any atom is 0.137 e. The van der Waals surface area contributed by atoms with Crippen LogP contribution in [0.2, 0.25) is 5.02 Å². The maximum absolute atomic E-state index is 9.28. The van der Waals surface area contributed by atoms with Crippen molar-refractivity contribution < 1.29 is 9.84 Å². The molecule has 0 unspecified atom stereocenters. The first-order valence-corrected chi connectivity index (χ1v) is 6.06. The van der Waals surface area contributed by atoms with E-state index in [-0.39, 0.29) is 6.61 Å². The molecular weight excluding hydrogens is 250 g/mol. The molecule has 0 spiro atoms. The third-order valence-corrected chi connectivity index (χ3v) is 3.55. The zero-order valence-electron chi connectivity index (χ0n) is 10.7. The third kappa shape index (κ3) is 2.11. The van der Waals surface area contributed by atoms with Crippen LogP contribution in [0.3, 0.4) is 0 Å². The van der Waals surface area contributed by atoms with Crippen molar-refractivity contribution in [1.82, 2.24) is 4.57 Å². The summed E-state index contributed by atoms with van der Waals surface area (Å²) in [6.07, 6.45) is 0. The highest BCUT2D eigenvalue weighted by Gasteiger charge is 2.11. The first kappa shape index (κ1) is 13.0. The minimum atomic E-state index is 0.0452. The van der Waals surface area contributed by atoms with Crippen LogP contribution >= 0.6 is 11.6 Å². The van der Waals surface area contributed by atoms with Gasteiger partial charge in [-0.15, -0.1) is 0 Å². The summed E-state index contributed by atoms with van der Waals surface area (Å²) in [5, 5.41) is 9.86. The van der Waals surface area contributed by atoms with E-state index in [1.54, 1.807) is 7.11 Å². The largest absolute Gasteiger partial charge is 0.495 e. The lowest BCUT2D eigenvalue weighted by molar-refractivity contribution is 0.281. The molecule has 0 radical (unpaired) electrons. The van der Waals surface area contributed by atoms with E-state index in [0.717, 1.165) is 22.5 Å². The Morgan fingerprint density at radius 3 is 2.56 bits per heavy atom. The van der Waals surface area contributed by atoms with Gasteiger partial charge in [-0.2, -0.15) is 0 Å². The van der Waals surface area contributed by atoms with E-state index in [1.807, 2.05) is 42.8 Å². The van der Waals surface area contributed by atoms with Gasteiger partial charge in [0.15, 0.2) is 0 Å². The summed E-state index contributed by atoms with van der Waals surface area (Å²) < 4.78 is 7.18. The van der Waals surface area contributed by atoms with Crippen LogP contribution in [0.1, 0.15) is 11.3 Å². The number of hydrogen-bond acceptors (Lipinski definition) is 2. The number of ether oxygens (including phenoxy) is 1. The lowest BCUT2D eigenvalue weighted by Gasteiger charge is -2.08. The SMILES string of the molecule is COc1ccc(-c2cc(CO)c(C)n2C)cc1Cl. The summed E-state index contributed by atoms with van der Waals surface area (Å²) in [6, 6.07) is 7.66. The zero-order valence-corrected chi connectivity index (χ0v) is 11.5. The molecule has 0 saturated heterocycles. The molecule has 2 aromatic rings. The minimum absolute atomic E-state index is 0.0452.